The van der Waals surface area contributed by atoms with Crippen molar-refractivity contribution in [2.24, 2.45) is 0 Å². The lowest BCUT2D eigenvalue weighted by atomic mass is 9.92. The van der Waals surface area contributed by atoms with Crippen LogP contribution in [0.2, 0.25) is 0 Å². The van der Waals surface area contributed by atoms with Gasteiger partial charge in [0.1, 0.15) is 12.1 Å². The molecule has 2 aliphatic rings. The monoisotopic (exact) mass is 343 g/mol. The molecule has 1 heterocycles. The Labute approximate surface area is 148 Å². The number of urea groups is 1. The average Bonchev–Trinajstić information content (AvgIpc) is 2.80. The standard InChI is InChI=1S/C19H25N3O3/c1-19(14-9-5-4-6-10-14)17(24)22(18(25)21-19)13-16(23)20-15-11-7-2-3-8-12-15/h4-6,9-10,15H,2-3,7-8,11-13H2,1H3,(H,20,23)(H,21,25). The summed E-state index contributed by atoms with van der Waals surface area (Å²) in [5, 5.41) is 5.70. The predicted octanol–water partition coefficient (Wildman–Crippen LogP) is 2.29. The van der Waals surface area contributed by atoms with Crippen LogP contribution in [0.1, 0.15) is 51.0 Å². The van der Waals surface area contributed by atoms with Crippen LogP contribution in [-0.4, -0.2) is 35.3 Å². The zero-order valence-electron chi connectivity index (χ0n) is 14.6. The topological polar surface area (TPSA) is 78.5 Å². The molecule has 0 aromatic heterocycles. The van der Waals surface area contributed by atoms with Gasteiger partial charge >= 0.3 is 6.03 Å². The number of carbonyl (C=O) groups excluding carboxylic acids is 3. The van der Waals surface area contributed by atoms with E-state index in [-0.39, 0.29) is 24.4 Å². The Morgan fingerprint density at radius 2 is 1.80 bits per heavy atom. The number of rotatable bonds is 4. The summed E-state index contributed by atoms with van der Waals surface area (Å²) in [6, 6.07) is 8.72. The van der Waals surface area contributed by atoms with Crippen molar-refractivity contribution in [2.75, 3.05) is 6.54 Å². The second kappa shape index (κ2) is 7.25. The first-order chi connectivity index (χ1) is 12.0. The number of carbonyl (C=O) groups is 3. The third-order valence-electron chi connectivity index (χ3n) is 5.15. The molecular formula is C19H25N3O3. The van der Waals surface area contributed by atoms with Gasteiger partial charge in [0, 0.05) is 6.04 Å². The van der Waals surface area contributed by atoms with Crippen molar-refractivity contribution in [3.63, 3.8) is 0 Å². The lowest BCUT2D eigenvalue weighted by Crippen LogP contribution is -2.45. The van der Waals surface area contributed by atoms with Crippen LogP contribution in [0.3, 0.4) is 0 Å². The largest absolute Gasteiger partial charge is 0.352 e. The molecule has 1 saturated carbocycles. The number of imide groups is 1. The summed E-state index contributed by atoms with van der Waals surface area (Å²) in [6.07, 6.45) is 6.56. The Morgan fingerprint density at radius 3 is 2.44 bits per heavy atom. The first kappa shape index (κ1) is 17.5. The summed E-state index contributed by atoms with van der Waals surface area (Å²) >= 11 is 0. The van der Waals surface area contributed by atoms with Gasteiger partial charge in [-0.2, -0.15) is 0 Å². The average molecular weight is 343 g/mol. The van der Waals surface area contributed by atoms with Gasteiger partial charge in [-0.25, -0.2) is 4.79 Å². The van der Waals surface area contributed by atoms with Gasteiger partial charge in [-0.15, -0.1) is 0 Å². The Balaban J connectivity index is 1.65. The number of nitrogens with zero attached hydrogens (tertiary/aromatic N) is 1. The summed E-state index contributed by atoms with van der Waals surface area (Å²) in [6.45, 7) is 1.44. The maximum Gasteiger partial charge on any atom is 0.325 e. The quantitative estimate of drug-likeness (QED) is 0.650. The summed E-state index contributed by atoms with van der Waals surface area (Å²) in [5.74, 6) is -0.660. The maximum atomic E-state index is 12.8. The Hall–Kier alpha value is -2.37. The molecule has 6 nitrogen and oxygen atoms in total. The van der Waals surface area contributed by atoms with Gasteiger partial charge in [0.2, 0.25) is 5.91 Å². The van der Waals surface area contributed by atoms with Crippen LogP contribution in [0.15, 0.2) is 30.3 Å². The van der Waals surface area contributed by atoms with Crippen LogP contribution in [0.4, 0.5) is 4.79 Å². The highest BCUT2D eigenvalue weighted by molar-refractivity contribution is 6.09. The van der Waals surface area contributed by atoms with Gasteiger partial charge in [0.15, 0.2) is 0 Å². The molecule has 2 N–H and O–H groups in total. The maximum absolute atomic E-state index is 12.8. The highest BCUT2D eigenvalue weighted by atomic mass is 16.2. The van der Waals surface area contributed by atoms with Crippen LogP contribution in [0.5, 0.6) is 0 Å². The fourth-order valence-corrected chi connectivity index (χ4v) is 3.65. The van der Waals surface area contributed by atoms with E-state index in [1.165, 1.54) is 12.8 Å². The zero-order valence-corrected chi connectivity index (χ0v) is 14.6. The van der Waals surface area contributed by atoms with Gasteiger partial charge in [-0.1, -0.05) is 56.0 Å². The van der Waals surface area contributed by atoms with Crippen molar-refractivity contribution >= 4 is 17.8 Å². The van der Waals surface area contributed by atoms with Crippen molar-refractivity contribution in [1.29, 1.82) is 0 Å². The van der Waals surface area contributed by atoms with Crippen molar-refractivity contribution < 1.29 is 14.4 Å². The van der Waals surface area contributed by atoms with Gasteiger partial charge in [-0.05, 0) is 25.3 Å². The smallest absolute Gasteiger partial charge is 0.325 e. The van der Waals surface area contributed by atoms with Crippen LogP contribution in [-0.2, 0) is 15.1 Å². The van der Waals surface area contributed by atoms with Crippen LogP contribution in [0.25, 0.3) is 0 Å². The Kier molecular flexibility index (Phi) is 5.06. The molecule has 4 amide bonds. The van der Waals surface area contributed by atoms with Gasteiger partial charge in [0.05, 0.1) is 0 Å². The minimum Gasteiger partial charge on any atom is -0.352 e. The van der Waals surface area contributed by atoms with Crippen molar-refractivity contribution in [3.05, 3.63) is 35.9 Å². The van der Waals surface area contributed by atoms with Gasteiger partial charge in [-0.3, -0.25) is 14.5 Å². The van der Waals surface area contributed by atoms with Gasteiger partial charge < -0.3 is 10.6 Å². The molecule has 134 valence electrons. The number of hydrogen-bond acceptors (Lipinski definition) is 3. The zero-order chi connectivity index (χ0) is 17.9. The minimum absolute atomic E-state index is 0.149. The Morgan fingerprint density at radius 1 is 1.16 bits per heavy atom. The number of benzene rings is 1. The third-order valence-corrected chi connectivity index (χ3v) is 5.15. The molecule has 6 heteroatoms. The predicted molar refractivity (Wildman–Crippen MR) is 93.7 cm³/mol. The lowest BCUT2D eigenvalue weighted by molar-refractivity contribution is -0.135. The van der Waals surface area contributed by atoms with Crippen molar-refractivity contribution in [1.82, 2.24) is 15.5 Å². The van der Waals surface area contributed by atoms with Crippen molar-refractivity contribution in [3.8, 4) is 0 Å². The molecule has 1 aromatic rings. The fraction of sp³-hybridized carbons (Fsp3) is 0.526. The molecule has 1 atom stereocenters. The molecule has 1 saturated heterocycles. The molecule has 3 rings (SSSR count). The molecule has 0 spiro atoms. The number of amides is 4. The molecule has 2 fully saturated rings. The van der Waals surface area contributed by atoms with Gasteiger partial charge in [0.25, 0.3) is 5.91 Å². The molecule has 1 aromatic carbocycles. The van der Waals surface area contributed by atoms with E-state index in [9.17, 15) is 14.4 Å². The van der Waals surface area contributed by atoms with Crippen LogP contribution < -0.4 is 10.6 Å². The van der Waals surface area contributed by atoms with Crippen LogP contribution >= 0.6 is 0 Å². The highest BCUT2D eigenvalue weighted by Crippen LogP contribution is 2.28. The summed E-state index contributed by atoms with van der Waals surface area (Å²) in [5.41, 5.74) is -0.416. The molecule has 25 heavy (non-hydrogen) atoms. The first-order valence-corrected chi connectivity index (χ1v) is 9.00. The number of hydrogen-bond donors (Lipinski definition) is 2. The molecule has 0 bridgehead atoms. The summed E-state index contributed by atoms with van der Waals surface area (Å²) < 4.78 is 0. The van der Waals surface area contributed by atoms with E-state index in [0.29, 0.717) is 5.56 Å². The summed E-state index contributed by atoms with van der Waals surface area (Å²) in [4.78, 5) is 38.4. The van der Waals surface area contributed by atoms with E-state index in [2.05, 4.69) is 10.6 Å². The second-order valence-electron chi connectivity index (χ2n) is 7.07. The minimum atomic E-state index is -1.12. The van der Waals surface area contributed by atoms with E-state index in [1.54, 1.807) is 19.1 Å². The molecule has 1 aliphatic carbocycles. The van der Waals surface area contributed by atoms with E-state index in [1.807, 2.05) is 18.2 Å². The highest BCUT2D eigenvalue weighted by Gasteiger charge is 2.49. The summed E-state index contributed by atoms with van der Waals surface area (Å²) in [7, 11) is 0. The number of nitrogens with one attached hydrogen (secondary N) is 2. The normalized spacial score (nSPS) is 24.8. The van der Waals surface area contributed by atoms with Crippen LogP contribution in [0, 0.1) is 0 Å². The molecule has 1 unspecified atom stereocenters. The third kappa shape index (κ3) is 3.67. The van der Waals surface area contributed by atoms with E-state index in [4.69, 9.17) is 0 Å². The van der Waals surface area contributed by atoms with E-state index >= 15 is 0 Å². The SMILES string of the molecule is CC1(c2ccccc2)NC(=O)N(CC(=O)NC2CCCCCC2)C1=O. The Bertz CT molecular complexity index is 653. The van der Waals surface area contributed by atoms with Crippen molar-refractivity contribution in [2.45, 2.75) is 57.0 Å². The molecule has 1 aliphatic heterocycles. The molecular weight excluding hydrogens is 318 g/mol. The lowest BCUT2D eigenvalue weighted by Gasteiger charge is -2.22. The first-order valence-electron chi connectivity index (χ1n) is 9.00. The van der Waals surface area contributed by atoms with E-state index in [0.717, 1.165) is 30.6 Å². The second-order valence-corrected chi connectivity index (χ2v) is 7.07. The molecule has 0 radical (unpaired) electrons. The fourth-order valence-electron chi connectivity index (χ4n) is 3.65. The van der Waals surface area contributed by atoms with E-state index < -0.39 is 11.6 Å².